The lowest BCUT2D eigenvalue weighted by atomic mass is 10.1. The molecule has 1 aliphatic rings. The third-order valence-corrected chi connectivity index (χ3v) is 3.08. The Kier molecular flexibility index (Phi) is 5.81. The molecule has 1 rings (SSSR count). The van der Waals surface area contributed by atoms with E-state index in [-0.39, 0.29) is 0 Å². The van der Waals surface area contributed by atoms with Crippen molar-refractivity contribution in [3.8, 4) is 0 Å². The van der Waals surface area contributed by atoms with Crippen molar-refractivity contribution in [2.75, 3.05) is 19.6 Å². The zero-order valence-electron chi connectivity index (χ0n) is 11.0. The Balaban J connectivity index is 2.30. The lowest BCUT2D eigenvalue weighted by molar-refractivity contribution is -0.131. The van der Waals surface area contributed by atoms with E-state index in [9.17, 15) is 4.79 Å². The van der Waals surface area contributed by atoms with Crippen LogP contribution >= 0.6 is 0 Å². The van der Waals surface area contributed by atoms with Crippen LogP contribution in [0, 0.1) is 5.92 Å². The van der Waals surface area contributed by atoms with Crippen LogP contribution in [0.3, 0.4) is 0 Å². The third-order valence-electron chi connectivity index (χ3n) is 3.08. The van der Waals surface area contributed by atoms with Crippen molar-refractivity contribution < 1.29 is 4.79 Å². The van der Waals surface area contributed by atoms with Crippen LogP contribution in [0.5, 0.6) is 0 Å². The Morgan fingerprint density at radius 3 is 2.69 bits per heavy atom. The van der Waals surface area contributed by atoms with E-state index in [1.165, 1.54) is 12.8 Å². The van der Waals surface area contributed by atoms with E-state index in [1.54, 1.807) is 0 Å². The molecule has 0 aromatic rings. The fourth-order valence-electron chi connectivity index (χ4n) is 2.11. The van der Waals surface area contributed by atoms with Gasteiger partial charge in [-0.25, -0.2) is 0 Å². The molecule has 94 valence electrons. The lowest BCUT2D eigenvalue weighted by Crippen LogP contribution is -2.38. The van der Waals surface area contributed by atoms with Gasteiger partial charge in [0.1, 0.15) is 0 Å². The Morgan fingerprint density at radius 1 is 1.25 bits per heavy atom. The summed E-state index contributed by atoms with van der Waals surface area (Å²) in [6, 6.07) is 0.530. The second-order valence-corrected chi connectivity index (χ2v) is 5.32. The normalized spacial score (nSPS) is 20.0. The monoisotopic (exact) mass is 226 g/mol. The molecule has 1 amide bonds. The van der Waals surface area contributed by atoms with Gasteiger partial charge in [0, 0.05) is 25.6 Å². The number of likely N-dealkylation sites (tertiary alicyclic amines) is 1. The molecule has 1 atom stereocenters. The summed E-state index contributed by atoms with van der Waals surface area (Å²) in [5, 5.41) is 3.43. The first-order valence-corrected chi connectivity index (χ1v) is 6.60. The Bertz CT molecular complexity index is 216. The topological polar surface area (TPSA) is 32.3 Å². The van der Waals surface area contributed by atoms with Gasteiger partial charge in [-0.1, -0.05) is 27.2 Å². The standard InChI is InChI=1S/C13H26N2O/c1-11(2)14-9-12(3)10-15-8-6-4-5-7-13(15)16/h11-12,14H,4-10H2,1-3H3. The summed E-state index contributed by atoms with van der Waals surface area (Å²) in [7, 11) is 0. The average Bonchev–Trinajstić information content (AvgIpc) is 2.42. The number of amides is 1. The molecule has 0 bridgehead atoms. The molecule has 0 spiro atoms. The number of nitrogens with zero attached hydrogens (tertiary/aromatic N) is 1. The Labute approximate surface area is 99.6 Å². The van der Waals surface area contributed by atoms with Crippen LogP contribution in [0.1, 0.15) is 46.5 Å². The lowest BCUT2D eigenvalue weighted by Gasteiger charge is -2.25. The molecule has 3 nitrogen and oxygen atoms in total. The van der Waals surface area contributed by atoms with Gasteiger partial charge in [0.2, 0.25) is 5.91 Å². The number of hydrogen-bond donors (Lipinski definition) is 1. The van der Waals surface area contributed by atoms with E-state index in [0.717, 1.165) is 32.5 Å². The second-order valence-electron chi connectivity index (χ2n) is 5.32. The maximum atomic E-state index is 11.8. The predicted molar refractivity (Wildman–Crippen MR) is 67.4 cm³/mol. The van der Waals surface area contributed by atoms with Crippen molar-refractivity contribution in [2.24, 2.45) is 5.92 Å². The zero-order chi connectivity index (χ0) is 12.0. The minimum atomic E-state index is 0.355. The molecule has 1 fully saturated rings. The second kappa shape index (κ2) is 6.89. The first-order valence-electron chi connectivity index (χ1n) is 6.60. The molecule has 0 aliphatic carbocycles. The average molecular weight is 226 g/mol. The van der Waals surface area contributed by atoms with Gasteiger partial charge >= 0.3 is 0 Å². The number of carbonyl (C=O) groups excluding carboxylic acids is 1. The minimum Gasteiger partial charge on any atom is -0.342 e. The van der Waals surface area contributed by atoms with Crippen LogP contribution in [-0.4, -0.2) is 36.5 Å². The Morgan fingerprint density at radius 2 is 2.00 bits per heavy atom. The molecule has 0 radical (unpaired) electrons. The number of hydrogen-bond acceptors (Lipinski definition) is 2. The smallest absolute Gasteiger partial charge is 0.222 e. The van der Waals surface area contributed by atoms with Crippen LogP contribution in [0.4, 0.5) is 0 Å². The van der Waals surface area contributed by atoms with Crippen molar-refractivity contribution in [1.29, 1.82) is 0 Å². The molecule has 0 saturated carbocycles. The van der Waals surface area contributed by atoms with E-state index >= 15 is 0 Å². The van der Waals surface area contributed by atoms with E-state index in [0.29, 0.717) is 17.9 Å². The van der Waals surface area contributed by atoms with Crippen molar-refractivity contribution >= 4 is 5.91 Å². The number of rotatable bonds is 5. The highest BCUT2D eigenvalue weighted by molar-refractivity contribution is 5.76. The quantitative estimate of drug-likeness (QED) is 0.778. The van der Waals surface area contributed by atoms with Crippen LogP contribution in [0.15, 0.2) is 0 Å². The van der Waals surface area contributed by atoms with Gasteiger partial charge in [0.15, 0.2) is 0 Å². The highest BCUT2D eigenvalue weighted by atomic mass is 16.2. The molecule has 0 aromatic carbocycles. The van der Waals surface area contributed by atoms with E-state index in [1.807, 2.05) is 0 Å². The Hall–Kier alpha value is -0.570. The van der Waals surface area contributed by atoms with Gasteiger partial charge in [0.05, 0.1) is 0 Å². The van der Waals surface area contributed by atoms with E-state index in [2.05, 4.69) is 31.0 Å². The summed E-state index contributed by atoms with van der Waals surface area (Å²) in [6.07, 6.45) is 4.22. The molecule has 0 aromatic heterocycles. The molecule has 1 unspecified atom stereocenters. The molecule has 16 heavy (non-hydrogen) atoms. The minimum absolute atomic E-state index is 0.355. The first-order chi connectivity index (χ1) is 7.59. The summed E-state index contributed by atoms with van der Waals surface area (Å²) < 4.78 is 0. The van der Waals surface area contributed by atoms with Crippen molar-refractivity contribution in [2.45, 2.75) is 52.5 Å². The molecular weight excluding hydrogens is 200 g/mol. The fraction of sp³-hybridized carbons (Fsp3) is 0.923. The van der Waals surface area contributed by atoms with Crippen molar-refractivity contribution in [1.82, 2.24) is 10.2 Å². The van der Waals surface area contributed by atoms with Crippen LogP contribution in [-0.2, 0) is 4.79 Å². The summed E-state index contributed by atoms with van der Waals surface area (Å²) in [4.78, 5) is 13.8. The zero-order valence-corrected chi connectivity index (χ0v) is 11.0. The predicted octanol–water partition coefficient (Wildman–Crippen LogP) is 2.02. The molecule has 1 heterocycles. The number of carbonyl (C=O) groups is 1. The number of nitrogens with one attached hydrogen (secondary N) is 1. The van der Waals surface area contributed by atoms with E-state index in [4.69, 9.17) is 0 Å². The SMILES string of the molecule is CC(CNC(C)C)CN1CCCCCC1=O. The van der Waals surface area contributed by atoms with Gasteiger partial charge < -0.3 is 10.2 Å². The highest BCUT2D eigenvalue weighted by Gasteiger charge is 2.18. The highest BCUT2D eigenvalue weighted by Crippen LogP contribution is 2.12. The summed E-state index contributed by atoms with van der Waals surface area (Å²) in [5.74, 6) is 0.901. The summed E-state index contributed by atoms with van der Waals surface area (Å²) >= 11 is 0. The van der Waals surface area contributed by atoms with Gasteiger partial charge in [-0.05, 0) is 25.3 Å². The van der Waals surface area contributed by atoms with E-state index < -0.39 is 0 Å². The van der Waals surface area contributed by atoms with Crippen LogP contribution in [0.25, 0.3) is 0 Å². The van der Waals surface area contributed by atoms with Gasteiger partial charge in [-0.3, -0.25) is 4.79 Å². The molecule has 1 N–H and O–H groups in total. The maximum absolute atomic E-state index is 11.8. The molecular formula is C13H26N2O. The molecule has 1 saturated heterocycles. The molecule has 3 heteroatoms. The fourth-order valence-corrected chi connectivity index (χ4v) is 2.11. The van der Waals surface area contributed by atoms with Crippen molar-refractivity contribution in [3.63, 3.8) is 0 Å². The largest absolute Gasteiger partial charge is 0.342 e. The van der Waals surface area contributed by atoms with Crippen molar-refractivity contribution in [3.05, 3.63) is 0 Å². The van der Waals surface area contributed by atoms with Crippen LogP contribution in [0.2, 0.25) is 0 Å². The van der Waals surface area contributed by atoms with Gasteiger partial charge in [0.25, 0.3) is 0 Å². The summed E-state index contributed by atoms with van der Waals surface area (Å²) in [5.41, 5.74) is 0. The summed E-state index contributed by atoms with van der Waals surface area (Å²) in [6.45, 7) is 9.41. The van der Waals surface area contributed by atoms with Gasteiger partial charge in [-0.2, -0.15) is 0 Å². The molecule has 1 aliphatic heterocycles. The van der Waals surface area contributed by atoms with Crippen LogP contribution < -0.4 is 5.32 Å². The van der Waals surface area contributed by atoms with Gasteiger partial charge in [-0.15, -0.1) is 0 Å². The third kappa shape index (κ3) is 4.97. The first kappa shape index (κ1) is 13.5. The maximum Gasteiger partial charge on any atom is 0.222 e.